The number of anilines is 2. The van der Waals surface area contributed by atoms with Crippen LogP contribution < -0.4 is 15.0 Å². The Morgan fingerprint density at radius 1 is 1.03 bits per heavy atom. The highest BCUT2D eigenvalue weighted by Crippen LogP contribution is 2.26. The smallest absolute Gasteiger partial charge is 0.229 e. The Bertz CT molecular complexity index is 810. The molecule has 0 unspecified atom stereocenters. The molecule has 0 radical (unpaired) electrons. The molecule has 0 spiro atoms. The van der Waals surface area contributed by atoms with Crippen molar-refractivity contribution in [1.82, 2.24) is 14.9 Å². The summed E-state index contributed by atoms with van der Waals surface area (Å²) in [6.45, 7) is 5.39. The number of para-hydroxylation sites is 2. The Labute approximate surface area is 178 Å². The van der Waals surface area contributed by atoms with E-state index in [2.05, 4.69) is 25.1 Å². The Hall–Kier alpha value is -2.67. The van der Waals surface area contributed by atoms with E-state index in [1.165, 1.54) is 19.3 Å². The summed E-state index contributed by atoms with van der Waals surface area (Å²) >= 11 is 0. The molecule has 2 aromatic rings. The molecule has 2 aliphatic heterocycles. The van der Waals surface area contributed by atoms with Crippen molar-refractivity contribution in [3.63, 3.8) is 0 Å². The molecule has 2 aliphatic rings. The first kappa shape index (κ1) is 20.6. The number of aromatic nitrogens is 2. The van der Waals surface area contributed by atoms with E-state index >= 15 is 0 Å². The Balaban J connectivity index is 1.32. The van der Waals surface area contributed by atoms with Gasteiger partial charge in [0.1, 0.15) is 12.4 Å². The van der Waals surface area contributed by atoms with Crippen LogP contribution in [0.1, 0.15) is 32.1 Å². The minimum absolute atomic E-state index is 0.0303. The van der Waals surface area contributed by atoms with Gasteiger partial charge in [0.05, 0.1) is 11.6 Å². The van der Waals surface area contributed by atoms with Gasteiger partial charge in [-0.2, -0.15) is 0 Å². The topological polar surface area (TPSA) is 70.6 Å². The number of piperidine rings is 2. The molecule has 1 amide bonds. The van der Waals surface area contributed by atoms with Gasteiger partial charge in [0.15, 0.2) is 0 Å². The fraction of sp³-hybridized carbons (Fsp3) is 0.522. The molecule has 0 bridgehead atoms. The van der Waals surface area contributed by atoms with E-state index in [9.17, 15) is 4.79 Å². The lowest BCUT2D eigenvalue weighted by Gasteiger charge is -2.32. The molecule has 2 saturated heterocycles. The van der Waals surface area contributed by atoms with Gasteiger partial charge >= 0.3 is 0 Å². The number of rotatable bonds is 7. The Morgan fingerprint density at radius 3 is 2.67 bits per heavy atom. The highest BCUT2D eigenvalue weighted by molar-refractivity contribution is 5.94. The van der Waals surface area contributed by atoms with Crippen molar-refractivity contribution in [2.24, 2.45) is 5.92 Å². The van der Waals surface area contributed by atoms with Crippen molar-refractivity contribution in [2.45, 2.75) is 32.1 Å². The number of nitrogens with zero attached hydrogens (tertiary/aromatic N) is 4. The third kappa shape index (κ3) is 5.48. The molecular weight excluding hydrogens is 378 g/mol. The number of benzene rings is 1. The standard InChI is InChI=1S/C23H31N5O2/c29-22(19-8-6-15-28(18-19)23-24-11-7-12-25-23)26-20-9-2-3-10-21(20)30-17-16-27-13-4-1-5-14-27/h2-3,7,9-12,19H,1,4-6,8,13-18H2,(H,26,29)/t19-/m1/s1. The van der Waals surface area contributed by atoms with Crippen LogP contribution >= 0.6 is 0 Å². The van der Waals surface area contributed by atoms with Crippen LogP contribution in [0.4, 0.5) is 11.6 Å². The molecular formula is C23H31N5O2. The Morgan fingerprint density at radius 2 is 1.83 bits per heavy atom. The first-order valence-corrected chi connectivity index (χ1v) is 11.1. The molecule has 1 atom stereocenters. The van der Waals surface area contributed by atoms with Crippen LogP contribution in [0.25, 0.3) is 0 Å². The number of nitrogens with one attached hydrogen (secondary N) is 1. The summed E-state index contributed by atoms with van der Waals surface area (Å²) in [4.78, 5) is 26.2. The van der Waals surface area contributed by atoms with Gasteiger partial charge in [0.25, 0.3) is 0 Å². The summed E-state index contributed by atoms with van der Waals surface area (Å²) in [6.07, 6.45) is 9.18. The normalized spacial score (nSPS) is 20.0. The first-order chi connectivity index (χ1) is 14.8. The van der Waals surface area contributed by atoms with Crippen LogP contribution in [0.5, 0.6) is 5.75 Å². The minimum Gasteiger partial charge on any atom is -0.490 e. The van der Waals surface area contributed by atoms with Gasteiger partial charge in [-0.1, -0.05) is 18.6 Å². The SMILES string of the molecule is O=C(Nc1ccccc1OCCN1CCCCC1)[C@@H]1CCCN(c2ncccn2)C1. The molecule has 7 heteroatoms. The van der Waals surface area contributed by atoms with Crippen molar-refractivity contribution in [3.8, 4) is 5.75 Å². The third-order valence-corrected chi connectivity index (χ3v) is 5.89. The molecule has 160 valence electrons. The first-order valence-electron chi connectivity index (χ1n) is 11.1. The molecule has 3 heterocycles. The quantitative estimate of drug-likeness (QED) is 0.757. The largest absolute Gasteiger partial charge is 0.490 e. The maximum Gasteiger partial charge on any atom is 0.229 e. The van der Waals surface area contributed by atoms with E-state index in [0.29, 0.717) is 19.1 Å². The highest BCUT2D eigenvalue weighted by atomic mass is 16.5. The molecule has 30 heavy (non-hydrogen) atoms. The fourth-order valence-electron chi connectivity index (χ4n) is 4.23. The summed E-state index contributed by atoms with van der Waals surface area (Å²) in [5.41, 5.74) is 0.745. The zero-order valence-electron chi connectivity index (χ0n) is 17.5. The molecule has 1 N–H and O–H groups in total. The lowest BCUT2D eigenvalue weighted by Crippen LogP contribution is -2.41. The molecule has 0 saturated carbocycles. The van der Waals surface area contributed by atoms with Crippen LogP contribution in [0.3, 0.4) is 0 Å². The fourth-order valence-corrected chi connectivity index (χ4v) is 4.23. The minimum atomic E-state index is -0.0936. The average molecular weight is 410 g/mol. The van der Waals surface area contributed by atoms with Gasteiger partial charge in [-0.15, -0.1) is 0 Å². The molecule has 1 aromatic heterocycles. The van der Waals surface area contributed by atoms with E-state index in [1.807, 2.05) is 24.3 Å². The number of hydrogen-bond donors (Lipinski definition) is 1. The second-order valence-corrected chi connectivity index (χ2v) is 8.07. The van der Waals surface area contributed by atoms with E-state index in [1.54, 1.807) is 18.5 Å². The van der Waals surface area contributed by atoms with Gasteiger partial charge in [0, 0.05) is 32.0 Å². The highest BCUT2D eigenvalue weighted by Gasteiger charge is 2.27. The molecule has 2 fully saturated rings. The van der Waals surface area contributed by atoms with E-state index in [4.69, 9.17) is 4.74 Å². The maximum absolute atomic E-state index is 13.0. The van der Waals surface area contributed by atoms with Crippen molar-refractivity contribution in [3.05, 3.63) is 42.7 Å². The van der Waals surface area contributed by atoms with Crippen molar-refractivity contribution >= 4 is 17.5 Å². The van der Waals surface area contributed by atoms with Crippen LogP contribution in [-0.4, -0.2) is 60.1 Å². The van der Waals surface area contributed by atoms with Gasteiger partial charge in [-0.25, -0.2) is 9.97 Å². The predicted octanol–water partition coefficient (Wildman–Crippen LogP) is 3.20. The second-order valence-electron chi connectivity index (χ2n) is 8.07. The number of likely N-dealkylation sites (tertiary alicyclic amines) is 1. The Kier molecular flexibility index (Phi) is 7.13. The van der Waals surface area contributed by atoms with Crippen LogP contribution in [0, 0.1) is 5.92 Å². The van der Waals surface area contributed by atoms with Crippen molar-refractivity contribution in [2.75, 3.05) is 49.5 Å². The van der Waals surface area contributed by atoms with Gasteiger partial charge in [-0.3, -0.25) is 9.69 Å². The van der Waals surface area contributed by atoms with Crippen molar-refractivity contribution < 1.29 is 9.53 Å². The lowest BCUT2D eigenvalue weighted by atomic mass is 9.97. The van der Waals surface area contributed by atoms with E-state index in [0.717, 1.165) is 50.5 Å². The summed E-state index contributed by atoms with van der Waals surface area (Å²) in [7, 11) is 0. The average Bonchev–Trinajstić information content (AvgIpc) is 2.81. The molecule has 7 nitrogen and oxygen atoms in total. The zero-order chi connectivity index (χ0) is 20.6. The molecule has 4 rings (SSSR count). The maximum atomic E-state index is 13.0. The molecule has 1 aromatic carbocycles. The second kappa shape index (κ2) is 10.4. The van der Waals surface area contributed by atoms with E-state index in [-0.39, 0.29) is 11.8 Å². The number of hydrogen-bond acceptors (Lipinski definition) is 6. The summed E-state index contributed by atoms with van der Waals surface area (Å²) in [5.74, 6) is 1.37. The van der Waals surface area contributed by atoms with E-state index < -0.39 is 0 Å². The summed E-state index contributed by atoms with van der Waals surface area (Å²) in [5, 5.41) is 3.10. The third-order valence-electron chi connectivity index (χ3n) is 5.89. The van der Waals surface area contributed by atoms with Gasteiger partial charge in [-0.05, 0) is 57.0 Å². The summed E-state index contributed by atoms with van der Waals surface area (Å²) < 4.78 is 6.03. The molecule has 0 aliphatic carbocycles. The van der Waals surface area contributed by atoms with Crippen LogP contribution in [0.15, 0.2) is 42.7 Å². The number of carbonyl (C=O) groups excluding carboxylic acids is 1. The number of ether oxygens (including phenoxy) is 1. The van der Waals surface area contributed by atoms with Crippen LogP contribution in [0.2, 0.25) is 0 Å². The number of carbonyl (C=O) groups is 1. The number of amides is 1. The predicted molar refractivity (Wildman–Crippen MR) is 118 cm³/mol. The lowest BCUT2D eigenvalue weighted by molar-refractivity contribution is -0.120. The summed E-state index contributed by atoms with van der Waals surface area (Å²) in [6, 6.07) is 9.52. The van der Waals surface area contributed by atoms with Gasteiger partial charge in [0.2, 0.25) is 11.9 Å². The van der Waals surface area contributed by atoms with Crippen LogP contribution in [-0.2, 0) is 4.79 Å². The monoisotopic (exact) mass is 409 g/mol. The van der Waals surface area contributed by atoms with Crippen molar-refractivity contribution in [1.29, 1.82) is 0 Å². The van der Waals surface area contributed by atoms with Gasteiger partial charge < -0.3 is 15.0 Å². The zero-order valence-corrected chi connectivity index (χ0v) is 17.5.